The molecule has 0 aliphatic carbocycles. The van der Waals surface area contributed by atoms with Crippen molar-refractivity contribution in [2.45, 2.75) is 30.2 Å². The van der Waals surface area contributed by atoms with E-state index in [-0.39, 0.29) is 10.8 Å². The van der Waals surface area contributed by atoms with Gasteiger partial charge in [-0.25, -0.2) is 8.42 Å². The summed E-state index contributed by atoms with van der Waals surface area (Å²) in [6.07, 6.45) is 2.20. The molecule has 1 aromatic carbocycles. The Bertz CT molecular complexity index is 603. The van der Waals surface area contributed by atoms with Gasteiger partial charge in [0, 0.05) is 18.1 Å². The van der Waals surface area contributed by atoms with Gasteiger partial charge in [-0.3, -0.25) is 4.79 Å². The molecule has 0 saturated carbocycles. The molecule has 1 atom stereocenters. The highest BCUT2D eigenvalue weighted by Crippen LogP contribution is 2.29. The summed E-state index contributed by atoms with van der Waals surface area (Å²) in [4.78, 5) is 12.1. The number of nitrogens with zero attached hydrogens (tertiary/aromatic N) is 1. The standard InChI is InChI=1S/C13H17BrN2O3S/c1-15-13(17)11-7-4-5-9-16(11)20(18,19)12-8-3-2-6-10(12)14/h2-3,6,8,11H,4-5,7,9H2,1H3,(H,15,17). The average Bonchev–Trinajstić information content (AvgIpc) is 2.46. The van der Waals surface area contributed by atoms with Crippen LogP contribution in [-0.4, -0.2) is 38.3 Å². The largest absolute Gasteiger partial charge is 0.358 e. The molecule has 0 radical (unpaired) electrons. The second kappa shape index (κ2) is 6.24. The molecule has 1 aliphatic rings. The van der Waals surface area contributed by atoms with Gasteiger partial charge in [0.15, 0.2) is 0 Å². The van der Waals surface area contributed by atoms with Crippen molar-refractivity contribution in [3.8, 4) is 0 Å². The number of piperidine rings is 1. The fourth-order valence-electron chi connectivity index (χ4n) is 2.40. The summed E-state index contributed by atoms with van der Waals surface area (Å²) in [5, 5.41) is 2.55. The third-order valence-electron chi connectivity index (χ3n) is 3.43. The molecule has 1 unspecified atom stereocenters. The van der Waals surface area contributed by atoms with Crippen molar-refractivity contribution in [1.29, 1.82) is 0 Å². The first kappa shape index (κ1) is 15.5. The number of likely N-dealkylation sites (N-methyl/N-ethyl adjacent to an activating group) is 1. The molecule has 1 aromatic rings. The Morgan fingerprint density at radius 2 is 2.05 bits per heavy atom. The summed E-state index contributed by atoms with van der Waals surface area (Å²) in [6, 6.07) is 6.05. The quantitative estimate of drug-likeness (QED) is 0.892. The van der Waals surface area contributed by atoms with Crippen LogP contribution >= 0.6 is 15.9 Å². The van der Waals surface area contributed by atoms with E-state index in [9.17, 15) is 13.2 Å². The van der Waals surface area contributed by atoms with Crippen LogP contribution in [0.4, 0.5) is 0 Å². The molecule has 1 heterocycles. The topological polar surface area (TPSA) is 66.5 Å². The maximum Gasteiger partial charge on any atom is 0.244 e. The van der Waals surface area contributed by atoms with E-state index >= 15 is 0 Å². The smallest absolute Gasteiger partial charge is 0.244 e. The Morgan fingerprint density at radius 1 is 1.35 bits per heavy atom. The van der Waals surface area contributed by atoms with Crippen molar-refractivity contribution in [1.82, 2.24) is 9.62 Å². The van der Waals surface area contributed by atoms with Crippen molar-refractivity contribution < 1.29 is 13.2 Å². The van der Waals surface area contributed by atoms with E-state index < -0.39 is 16.1 Å². The minimum Gasteiger partial charge on any atom is -0.358 e. The van der Waals surface area contributed by atoms with Gasteiger partial charge in [0.05, 0.1) is 4.90 Å². The minimum absolute atomic E-state index is 0.204. The molecule has 0 spiro atoms. The molecule has 0 aromatic heterocycles. The van der Waals surface area contributed by atoms with Crippen molar-refractivity contribution in [3.63, 3.8) is 0 Å². The molecule has 7 heteroatoms. The number of sulfonamides is 1. The summed E-state index contributed by atoms with van der Waals surface area (Å²) in [7, 11) is -2.14. The number of halogens is 1. The Balaban J connectivity index is 2.41. The zero-order chi connectivity index (χ0) is 14.8. The number of amides is 1. The van der Waals surface area contributed by atoms with Gasteiger partial charge in [0.25, 0.3) is 0 Å². The number of hydrogen-bond donors (Lipinski definition) is 1. The van der Waals surface area contributed by atoms with Crippen LogP contribution in [0.2, 0.25) is 0 Å². The van der Waals surface area contributed by atoms with E-state index in [1.165, 1.54) is 11.4 Å². The summed E-state index contributed by atoms with van der Waals surface area (Å²) in [6.45, 7) is 0.377. The maximum absolute atomic E-state index is 12.8. The molecular weight excluding hydrogens is 344 g/mol. The predicted octanol–water partition coefficient (Wildman–Crippen LogP) is 1.74. The lowest BCUT2D eigenvalue weighted by atomic mass is 10.0. The van der Waals surface area contributed by atoms with Crippen LogP contribution in [0.15, 0.2) is 33.6 Å². The van der Waals surface area contributed by atoms with Gasteiger partial charge in [-0.1, -0.05) is 18.6 Å². The summed E-state index contributed by atoms with van der Waals surface area (Å²) >= 11 is 3.27. The van der Waals surface area contributed by atoms with Gasteiger partial charge in [0.1, 0.15) is 6.04 Å². The third-order valence-corrected chi connectivity index (χ3v) is 6.35. The van der Waals surface area contributed by atoms with Gasteiger partial charge in [-0.15, -0.1) is 0 Å². The molecule has 110 valence electrons. The first-order valence-corrected chi connectivity index (χ1v) is 8.69. The minimum atomic E-state index is -3.67. The van der Waals surface area contributed by atoms with Gasteiger partial charge in [-0.2, -0.15) is 4.31 Å². The summed E-state index contributed by atoms with van der Waals surface area (Å²) in [5.74, 6) is -0.250. The Kier molecular flexibility index (Phi) is 4.82. The van der Waals surface area contributed by atoms with Gasteiger partial charge < -0.3 is 5.32 Å². The first-order chi connectivity index (χ1) is 9.48. The highest BCUT2D eigenvalue weighted by atomic mass is 79.9. The average molecular weight is 361 g/mol. The zero-order valence-electron chi connectivity index (χ0n) is 11.2. The van der Waals surface area contributed by atoms with Crippen molar-refractivity contribution in [2.24, 2.45) is 0 Å². The van der Waals surface area contributed by atoms with Crippen LogP contribution in [0.25, 0.3) is 0 Å². The number of rotatable bonds is 3. The van der Waals surface area contributed by atoms with Crippen molar-refractivity contribution >= 4 is 31.9 Å². The number of carbonyl (C=O) groups is 1. The number of hydrogen-bond acceptors (Lipinski definition) is 3. The van der Waals surface area contributed by atoms with E-state index in [0.717, 1.165) is 12.8 Å². The molecule has 2 rings (SSSR count). The van der Waals surface area contributed by atoms with E-state index in [1.807, 2.05) is 0 Å². The Morgan fingerprint density at radius 3 is 2.70 bits per heavy atom. The molecule has 5 nitrogen and oxygen atoms in total. The molecule has 1 amide bonds. The van der Waals surface area contributed by atoms with Gasteiger partial charge in [-0.05, 0) is 40.9 Å². The number of nitrogens with one attached hydrogen (secondary N) is 1. The number of benzene rings is 1. The van der Waals surface area contributed by atoms with Gasteiger partial charge in [0.2, 0.25) is 15.9 Å². The van der Waals surface area contributed by atoms with E-state index in [1.54, 1.807) is 24.3 Å². The van der Waals surface area contributed by atoms with Crippen molar-refractivity contribution in [2.75, 3.05) is 13.6 Å². The fraction of sp³-hybridized carbons (Fsp3) is 0.462. The monoisotopic (exact) mass is 360 g/mol. The third kappa shape index (κ3) is 2.89. The Labute approximate surface area is 127 Å². The lowest BCUT2D eigenvalue weighted by Crippen LogP contribution is -2.51. The van der Waals surface area contributed by atoms with Crippen LogP contribution in [0, 0.1) is 0 Å². The SMILES string of the molecule is CNC(=O)C1CCCCN1S(=O)(=O)c1ccccc1Br. The Hall–Kier alpha value is -0.920. The van der Waals surface area contributed by atoms with E-state index in [2.05, 4.69) is 21.2 Å². The van der Waals surface area contributed by atoms with Gasteiger partial charge >= 0.3 is 0 Å². The summed E-state index contributed by atoms with van der Waals surface area (Å²) < 4.78 is 27.3. The fourth-order valence-corrected chi connectivity index (χ4v) is 5.02. The maximum atomic E-state index is 12.8. The lowest BCUT2D eigenvalue weighted by molar-refractivity contribution is -0.125. The highest BCUT2D eigenvalue weighted by molar-refractivity contribution is 9.10. The second-order valence-electron chi connectivity index (χ2n) is 4.67. The summed E-state index contributed by atoms with van der Waals surface area (Å²) in [5.41, 5.74) is 0. The molecule has 1 N–H and O–H groups in total. The molecule has 20 heavy (non-hydrogen) atoms. The zero-order valence-corrected chi connectivity index (χ0v) is 13.6. The lowest BCUT2D eigenvalue weighted by Gasteiger charge is -2.33. The van der Waals surface area contributed by atoms with E-state index in [0.29, 0.717) is 17.4 Å². The molecular formula is C13H17BrN2O3S. The van der Waals surface area contributed by atoms with Crippen LogP contribution in [0.5, 0.6) is 0 Å². The molecule has 0 bridgehead atoms. The van der Waals surface area contributed by atoms with Crippen LogP contribution in [0.1, 0.15) is 19.3 Å². The highest BCUT2D eigenvalue weighted by Gasteiger charge is 2.37. The first-order valence-electron chi connectivity index (χ1n) is 6.46. The van der Waals surface area contributed by atoms with Crippen LogP contribution in [-0.2, 0) is 14.8 Å². The second-order valence-corrected chi connectivity index (χ2v) is 7.39. The van der Waals surface area contributed by atoms with Crippen molar-refractivity contribution in [3.05, 3.63) is 28.7 Å². The van der Waals surface area contributed by atoms with Crippen LogP contribution in [0.3, 0.4) is 0 Å². The normalized spacial score (nSPS) is 20.6. The van der Waals surface area contributed by atoms with Crippen LogP contribution < -0.4 is 5.32 Å². The molecule has 1 saturated heterocycles. The predicted molar refractivity (Wildman–Crippen MR) is 79.7 cm³/mol. The van der Waals surface area contributed by atoms with E-state index in [4.69, 9.17) is 0 Å². The molecule has 1 aliphatic heterocycles. The molecule has 1 fully saturated rings. The number of carbonyl (C=O) groups excluding carboxylic acids is 1.